The van der Waals surface area contributed by atoms with Crippen LogP contribution >= 0.6 is 0 Å². The maximum absolute atomic E-state index is 12.9. The van der Waals surface area contributed by atoms with Gasteiger partial charge in [0.2, 0.25) is 5.91 Å². The summed E-state index contributed by atoms with van der Waals surface area (Å²) in [7, 11) is 1.59. The number of carbonyl (C=O) groups is 2. The number of rotatable bonds is 7. The van der Waals surface area contributed by atoms with Crippen LogP contribution in [0.25, 0.3) is 0 Å². The molecule has 1 atom stereocenters. The number of nitrogens with zero attached hydrogens (tertiary/aromatic N) is 1. The van der Waals surface area contributed by atoms with Crippen molar-refractivity contribution in [2.75, 3.05) is 13.7 Å². The van der Waals surface area contributed by atoms with E-state index in [1.807, 2.05) is 30.3 Å². The molecule has 1 aromatic carbocycles. The van der Waals surface area contributed by atoms with Crippen LogP contribution in [-0.4, -0.2) is 30.5 Å². The minimum atomic E-state index is -0.142. The molecule has 1 aliphatic rings. The highest BCUT2D eigenvalue weighted by Crippen LogP contribution is 2.36. The normalized spacial score (nSPS) is 19.8. The molecule has 0 unspecified atom stereocenters. The van der Waals surface area contributed by atoms with Gasteiger partial charge in [0, 0.05) is 25.2 Å². The standard InChI is InChI=1S/C23H29N3O3/c1-16(27)25-15-17-9-11-18(12-10-17)22(21-8-3-4-13-24-21)26-23(28)19-6-5-7-20(14-19)29-2/h3-8,13-14,17-18,22H,9-12,15H2,1-2H3,(H,25,27)(H,26,28)/t17?,18?,22-/m0/s1. The van der Waals surface area contributed by atoms with Gasteiger partial charge in [-0.1, -0.05) is 12.1 Å². The number of carbonyl (C=O) groups excluding carboxylic acids is 2. The lowest BCUT2D eigenvalue weighted by molar-refractivity contribution is -0.119. The monoisotopic (exact) mass is 395 g/mol. The van der Waals surface area contributed by atoms with Gasteiger partial charge in [0.05, 0.1) is 18.8 Å². The summed E-state index contributed by atoms with van der Waals surface area (Å²) < 4.78 is 5.24. The summed E-state index contributed by atoms with van der Waals surface area (Å²) in [6.07, 6.45) is 5.81. The first-order chi connectivity index (χ1) is 14.1. The Hall–Kier alpha value is -2.89. The number of amides is 2. The Morgan fingerprint density at radius 1 is 1.14 bits per heavy atom. The van der Waals surface area contributed by atoms with Crippen molar-refractivity contribution >= 4 is 11.8 Å². The van der Waals surface area contributed by atoms with Crippen molar-refractivity contribution in [3.05, 3.63) is 59.9 Å². The molecule has 1 aromatic heterocycles. The number of benzene rings is 1. The smallest absolute Gasteiger partial charge is 0.251 e. The Balaban J connectivity index is 1.71. The van der Waals surface area contributed by atoms with E-state index in [2.05, 4.69) is 15.6 Å². The number of nitrogens with one attached hydrogen (secondary N) is 2. The molecule has 3 rings (SSSR count). The van der Waals surface area contributed by atoms with Gasteiger partial charge >= 0.3 is 0 Å². The first-order valence-electron chi connectivity index (χ1n) is 10.2. The molecule has 0 saturated heterocycles. The lowest BCUT2D eigenvalue weighted by Gasteiger charge is -2.34. The summed E-state index contributed by atoms with van der Waals surface area (Å²) in [5.41, 5.74) is 1.46. The maximum atomic E-state index is 12.9. The molecular formula is C23H29N3O3. The molecule has 0 aliphatic heterocycles. The van der Waals surface area contributed by atoms with Crippen LogP contribution in [0.4, 0.5) is 0 Å². The quantitative estimate of drug-likeness (QED) is 0.752. The number of aromatic nitrogens is 1. The minimum Gasteiger partial charge on any atom is -0.497 e. The van der Waals surface area contributed by atoms with E-state index < -0.39 is 0 Å². The molecule has 29 heavy (non-hydrogen) atoms. The van der Waals surface area contributed by atoms with Crippen molar-refractivity contribution in [3.8, 4) is 5.75 Å². The van der Waals surface area contributed by atoms with Crippen molar-refractivity contribution < 1.29 is 14.3 Å². The van der Waals surface area contributed by atoms with Gasteiger partial charge in [-0.25, -0.2) is 0 Å². The second kappa shape index (κ2) is 10.0. The predicted molar refractivity (Wildman–Crippen MR) is 112 cm³/mol. The molecule has 1 aliphatic carbocycles. The molecule has 0 spiro atoms. The first kappa shape index (κ1) is 20.8. The molecule has 2 amide bonds. The SMILES string of the molecule is COc1cccc(C(=O)N[C@H](c2ccccn2)C2CCC(CNC(C)=O)CC2)c1. The van der Waals surface area contributed by atoms with Gasteiger partial charge < -0.3 is 15.4 Å². The van der Waals surface area contributed by atoms with Crippen LogP contribution in [0.5, 0.6) is 5.75 Å². The Labute approximate surface area is 172 Å². The Morgan fingerprint density at radius 2 is 1.93 bits per heavy atom. The Kier molecular flexibility index (Phi) is 7.22. The molecule has 154 valence electrons. The summed E-state index contributed by atoms with van der Waals surface area (Å²) in [6, 6.07) is 12.8. The Morgan fingerprint density at radius 3 is 2.59 bits per heavy atom. The van der Waals surface area contributed by atoms with Gasteiger partial charge in [-0.15, -0.1) is 0 Å². The van der Waals surface area contributed by atoms with E-state index in [0.29, 0.717) is 23.1 Å². The zero-order chi connectivity index (χ0) is 20.6. The third-order valence-electron chi connectivity index (χ3n) is 5.63. The van der Waals surface area contributed by atoms with Crippen LogP contribution in [0, 0.1) is 11.8 Å². The predicted octanol–water partition coefficient (Wildman–Crippen LogP) is 3.50. The van der Waals surface area contributed by atoms with E-state index in [4.69, 9.17) is 4.74 Å². The largest absolute Gasteiger partial charge is 0.497 e. The fraction of sp³-hybridized carbons (Fsp3) is 0.435. The van der Waals surface area contributed by atoms with Gasteiger partial charge in [-0.3, -0.25) is 14.6 Å². The summed E-state index contributed by atoms with van der Waals surface area (Å²) in [5, 5.41) is 6.13. The van der Waals surface area contributed by atoms with Gasteiger partial charge in [-0.2, -0.15) is 0 Å². The fourth-order valence-electron chi connectivity index (χ4n) is 4.00. The highest BCUT2D eigenvalue weighted by atomic mass is 16.5. The van der Waals surface area contributed by atoms with Crippen LogP contribution in [0.15, 0.2) is 48.7 Å². The lowest BCUT2D eigenvalue weighted by atomic mass is 9.77. The van der Waals surface area contributed by atoms with Crippen LogP contribution in [-0.2, 0) is 4.79 Å². The van der Waals surface area contributed by atoms with Crippen molar-refractivity contribution in [1.29, 1.82) is 0 Å². The zero-order valence-electron chi connectivity index (χ0n) is 17.1. The molecule has 2 N–H and O–H groups in total. The number of hydrogen-bond donors (Lipinski definition) is 2. The molecule has 0 bridgehead atoms. The molecule has 0 radical (unpaired) electrons. The number of hydrogen-bond acceptors (Lipinski definition) is 4. The van der Waals surface area contributed by atoms with E-state index in [1.165, 1.54) is 0 Å². The third kappa shape index (κ3) is 5.79. The second-order valence-electron chi connectivity index (χ2n) is 7.66. The average molecular weight is 396 g/mol. The number of ether oxygens (including phenoxy) is 1. The van der Waals surface area contributed by atoms with Crippen LogP contribution in [0.2, 0.25) is 0 Å². The van der Waals surface area contributed by atoms with Crippen LogP contribution in [0.1, 0.15) is 54.7 Å². The van der Waals surface area contributed by atoms with E-state index in [9.17, 15) is 9.59 Å². The molecule has 6 heteroatoms. The van der Waals surface area contributed by atoms with Crippen molar-refractivity contribution in [2.45, 2.75) is 38.6 Å². The fourth-order valence-corrected chi connectivity index (χ4v) is 4.00. The van der Waals surface area contributed by atoms with Gasteiger partial charge in [-0.05, 0) is 67.9 Å². The number of methoxy groups -OCH3 is 1. The van der Waals surface area contributed by atoms with Crippen LogP contribution < -0.4 is 15.4 Å². The van der Waals surface area contributed by atoms with Crippen molar-refractivity contribution in [3.63, 3.8) is 0 Å². The van der Waals surface area contributed by atoms with E-state index >= 15 is 0 Å². The zero-order valence-corrected chi connectivity index (χ0v) is 17.1. The van der Waals surface area contributed by atoms with E-state index in [0.717, 1.165) is 37.9 Å². The number of pyridine rings is 1. The molecule has 6 nitrogen and oxygen atoms in total. The van der Waals surface area contributed by atoms with Gasteiger partial charge in [0.15, 0.2) is 0 Å². The molecular weight excluding hydrogens is 366 g/mol. The lowest BCUT2D eigenvalue weighted by Crippen LogP contribution is -2.37. The maximum Gasteiger partial charge on any atom is 0.251 e. The average Bonchev–Trinajstić information content (AvgIpc) is 2.77. The molecule has 2 aromatic rings. The van der Waals surface area contributed by atoms with E-state index in [1.54, 1.807) is 32.4 Å². The van der Waals surface area contributed by atoms with E-state index in [-0.39, 0.29) is 17.9 Å². The molecule has 1 saturated carbocycles. The van der Waals surface area contributed by atoms with Gasteiger partial charge in [0.1, 0.15) is 5.75 Å². The van der Waals surface area contributed by atoms with Gasteiger partial charge in [0.25, 0.3) is 5.91 Å². The second-order valence-corrected chi connectivity index (χ2v) is 7.66. The first-order valence-corrected chi connectivity index (χ1v) is 10.2. The Bertz CT molecular complexity index is 817. The van der Waals surface area contributed by atoms with Crippen molar-refractivity contribution in [1.82, 2.24) is 15.6 Å². The van der Waals surface area contributed by atoms with Crippen molar-refractivity contribution in [2.24, 2.45) is 11.8 Å². The summed E-state index contributed by atoms with van der Waals surface area (Å²) in [5.74, 6) is 1.36. The third-order valence-corrected chi connectivity index (χ3v) is 5.63. The molecule has 1 heterocycles. The molecule has 1 fully saturated rings. The highest BCUT2D eigenvalue weighted by Gasteiger charge is 2.30. The summed E-state index contributed by atoms with van der Waals surface area (Å²) in [4.78, 5) is 28.6. The summed E-state index contributed by atoms with van der Waals surface area (Å²) >= 11 is 0. The minimum absolute atomic E-state index is 0.0176. The van der Waals surface area contributed by atoms with Crippen LogP contribution in [0.3, 0.4) is 0 Å². The highest BCUT2D eigenvalue weighted by molar-refractivity contribution is 5.94. The topological polar surface area (TPSA) is 80.3 Å². The summed E-state index contributed by atoms with van der Waals surface area (Å²) in [6.45, 7) is 2.28.